The van der Waals surface area contributed by atoms with Crippen LogP contribution in [0.1, 0.15) is 31.2 Å². The van der Waals surface area contributed by atoms with Crippen LogP contribution in [0.15, 0.2) is 55.0 Å². The van der Waals surface area contributed by atoms with E-state index in [0.717, 1.165) is 5.56 Å². The first-order chi connectivity index (χ1) is 16.3. The molecule has 0 aliphatic heterocycles. The molecule has 0 aliphatic rings. The summed E-state index contributed by atoms with van der Waals surface area (Å²) in [7, 11) is -0.766. The van der Waals surface area contributed by atoms with E-state index in [1.54, 1.807) is 63.3 Å². The maximum atomic E-state index is 13.5. The highest BCUT2D eigenvalue weighted by Gasteiger charge is 2.32. The Balaban J connectivity index is 1.81. The topological polar surface area (TPSA) is 108 Å². The molecule has 0 bridgehead atoms. The molecule has 3 aromatic heterocycles. The van der Waals surface area contributed by atoms with Gasteiger partial charge in [0.05, 0.1) is 36.1 Å². The molecule has 3 heterocycles. The number of aryl methyl sites for hydroxylation is 1. The van der Waals surface area contributed by atoms with Crippen LogP contribution >= 0.6 is 0 Å². The number of hydrogen-bond acceptors (Lipinski definition) is 7. The van der Waals surface area contributed by atoms with Gasteiger partial charge in [-0.1, -0.05) is 19.1 Å². The van der Waals surface area contributed by atoms with Gasteiger partial charge in [-0.2, -0.15) is 0 Å². The van der Waals surface area contributed by atoms with Crippen molar-refractivity contribution in [1.29, 1.82) is 0 Å². The van der Waals surface area contributed by atoms with E-state index < -0.39 is 21.2 Å². The minimum atomic E-state index is -3.88. The zero-order valence-electron chi connectivity index (χ0n) is 19.7. The molecule has 0 radical (unpaired) electrons. The predicted molar refractivity (Wildman–Crippen MR) is 131 cm³/mol. The SMILES string of the molecule is COc1cccc(OC)c1-c1c(NS(=O)(=O)[C@@H](C)[C@H](C)c2ncc(C)cn2)nn2ccccc12. The number of rotatable bonds is 8. The number of methoxy groups -OCH3 is 2. The van der Waals surface area contributed by atoms with Crippen LogP contribution in [-0.2, 0) is 10.0 Å². The predicted octanol–water partition coefficient (Wildman–Crippen LogP) is 4.05. The van der Waals surface area contributed by atoms with Crippen LogP contribution in [0.5, 0.6) is 11.5 Å². The Morgan fingerprint density at radius 3 is 2.21 bits per heavy atom. The van der Waals surface area contributed by atoms with Crippen LogP contribution < -0.4 is 14.2 Å². The van der Waals surface area contributed by atoms with Gasteiger partial charge >= 0.3 is 0 Å². The Kier molecular flexibility index (Phi) is 6.43. The second-order valence-corrected chi connectivity index (χ2v) is 10.1. The van der Waals surface area contributed by atoms with Crippen LogP contribution in [0.25, 0.3) is 16.6 Å². The third-order valence-electron chi connectivity index (χ3n) is 5.86. The molecule has 0 saturated carbocycles. The number of aromatic nitrogens is 4. The van der Waals surface area contributed by atoms with E-state index in [9.17, 15) is 8.42 Å². The molecule has 1 N–H and O–H groups in total. The molecular weight excluding hydrogens is 454 g/mol. The van der Waals surface area contributed by atoms with Crippen LogP contribution in [0.3, 0.4) is 0 Å². The minimum absolute atomic E-state index is 0.179. The van der Waals surface area contributed by atoms with E-state index in [2.05, 4.69) is 19.8 Å². The molecule has 4 rings (SSSR count). The largest absolute Gasteiger partial charge is 0.496 e. The van der Waals surface area contributed by atoms with Crippen molar-refractivity contribution in [3.63, 3.8) is 0 Å². The average Bonchev–Trinajstić information content (AvgIpc) is 3.19. The summed E-state index contributed by atoms with van der Waals surface area (Å²) in [6.07, 6.45) is 5.12. The van der Waals surface area contributed by atoms with Crippen molar-refractivity contribution in [2.24, 2.45) is 0 Å². The van der Waals surface area contributed by atoms with Crippen molar-refractivity contribution in [3.8, 4) is 22.6 Å². The zero-order chi connectivity index (χ0) is 24.5. The van der Waals surface area contributed by atoms with Crippen LogP contribution in [-0.4, -0.2) is 47.5 Å². The molecule has 0 unspecified atom stereocenters. The molecule has 0 aliphatic carbocycles. The molecule has 34 heavy (non-hydrogen) atoms. The average molecular weight is 482 g/mol. The first-order valence-electron chi connectivity index (χ1n) is 10.8. The molecule has 0 spiro atoms. The quantitative estimate of drug-likeness (QED) is 0.404. The monoisotopic (exact) mass is 481 g/mol. The minimum Gasteiger partial charge on any atom is -0.496 e. The second-order valence-electron chi connectivity index (χ2n) is 8.05. The lowest BCUT2D eigenvalue weighted by molar-refractivity contribution is 0.397. The Bertz CT molecular complexity index is 1400. The molecule has 0 amide bonds. The highest BCUT2D eigenvalue weighted by molar-refractivity contribution is 7.93. The molecule has 0 saturated heterocycles. The standard InChI is InChI=1S/C24H27N5O4S/c1-15-13-25-23(26-14-15)16(2)17(3)34(30,31)28-24-21(18-9-6-7-12-29(18)27-24)22-19(32-4)10-8-11-20(22)33-5/h6-14,16-17H,1-5H3,(H,27,28)/t16-,17-/m0/s1. The Hall–Kier alpha value is -3.66. The highest BCUT2D eigenvalue weighted by atomic mass is 32.2. The molecule has 10 heteroatoms. The van der Waals surface area contributed by atoms with Crippen molar-refractivity contribution in [2.45, 2.75) is 31.9 Å². The fourth-order valence-electron chi connectivity index (χ4n) is 3.76. The van der Waals surface area contributed by atoms with Crippen LogP contribution in [0.4, 0.5) is 5.82 Å². The van der Waals surface area contributed by atoms with Crippen molar-refractivity contribution in [3.05, 3.63) is 66.4 Å². The number of nitrogens with zero attached hydrogens (tertiary/aromatic N) is 4. The first-order valence-corrected chi connectivity index (χ1v) is 12.3. The third kappa shape index (κ3) is 4.28. The van der Waals surface area contributed by atoms with Gasteiger partial charge in [0.1, 0.15) is 17.3 Å². The number of ether oxygens (including phenoxy) is 2. The molecule has 4 aromatic rings. The Morgan fingerprint density at radius 2 is 1.59 bits per heavy atom. The summed E-state index contributed by atoms with van der Waals surface area (Å²) >= 11 is 0. The molecule has 9 nitrogen and oxygen atoms in total. The van der Waals surface area contributed by atoms with Crippen molar-refractivity contribution >= 4 is 21.4 Å². The molecule has 2 atom stereocenters. The van der Waals surface area contributed by atoms with E-state index in [0.29, 0.717) is 34.0 Å². The summed E-state index contributed by atoms with van der Waals surface area (Å²) < 4.78 is 42.5. The van der Waals surface area contributed by atoms with Gasteiger partial charge in [-0.15, -0.1) is 5.10 Å². The maximum absolute atomic E-state index is 13.5. The number of hydrogen-bond donors (Lipinski definition) is 1. The number of anilines is 1. The van der Waals surface area contributed by atoms with Gasteiger partial charge in [-0.05, 0) is 43.7 Å². The summed E-state index contributed by atoms with van der Waals surface area (Å²) in [5.74, 6) is 1.27. The maximum Gasteiger partial charge on any atom is 0.237 e. The summed E-state index contributed by atoms with van der Waals surface area (Å²) in [5.41, 5.74) is 2.77. The third-order valence-corrected chi connectivity index (χ3v) is 7.72. The normalized spacial score (nSPS) is 13.4. The number of pyridine rings is 1. The van der Waals surface area contributed by atoms with Crippen molar-refractivity contribution in [1.82, 2.24) is 19.6 Å². The van der Waals surface area contributed by atoms with Crippen LogP contribution in [0.2, 0.25) is 0 Å². The Labute approximate surface area is 198 Å². The summed E-state index contributed by atoms with van der Waals surface area (Å²) in [6, 6.07) is 10.9. The smallest absolute Gasteiger partial charge is 0.237 e. The number of benzene rings is 1. The van der Waals surface area contributed by atoms with E-state index >= 15 is 0 Å². The fraction of sp³-hybridized carbons (Fsp3) is 0.292. The lowest BCUT2D eigenvalue weighted by Gasteiger charge is -2.20. The molecule has 0 fully saturated rings. The summed E-state index contributed by atoms with van der Waals surface area (Å²) in [4.78, 5) is 8.62. The molecule has 178 valence electrons. The van der Waals surface area contributed by atoms with E-state index in [1.165, 1.54) is 0 Å². The molecular formula is C24H27N5O4S. The number of nitrogens with one attached hydrogen (secondary N) is 1. The zero-order valence-corrected chi connectivity index (χ0v) is 20.5. The fourth-order valence-corrected chi connectivity index (χ4v) is 5.02. The van der Waals surface area contributed by atoms with Gasteiger partial charge in [0.15, 0.2) is 5.82 Å². The summed E-state index contributed by atoms with van der Waals surface area (Å²) in [5, 5.41) is 3.71. The first kappa shape index (κ1) is 23.5. The second kappa shape index (κ2) is 9.30. The Morgan fingerprint density at radius 1 is 0.941 bits per heavy atom. The van der Waals surface area contributed by atoms with Gasteiger partial charge in [0.2, 0.25) is 10.0 Å². The molecule has 1 aromatic carbocycles. The lowest BCUT2D eigenvalue weighted by Crippen LogP contribution is -2.31. The summed E-state index contributed by atoms with van der Waals surface area (Å²) in [6.45, 7) is 5.31. The van der Waals surface area contributed by atoms with Gasteiger partial charge in [0, 0.05) is 24.5 Å². The number of sulfonamides is 1. The van der Waals surface area contributed by atoms with Gasteiger partial charge < -0.3 is 9.47 Å². The van der Waals surface area contributed by atoms with Crippen LogP contribution in [0, 0.1) is 6.92 Å². The van der Waals surface area contributed by atoms with Crippen molar-refractivity contribution in [2.75, 3.05) is 18.9 Å². The van der Waals surface area contributed by atoms with E-state index in [4.69, 9.17) is 9.47 Å². The van der Waals surface area contributed by atoms with E-state index in [1.807, 2.05) is 31.2 Å². The van der Waals surface area contributed by atoms with Crippen molar-refractivity contribution < 1.29 is 17.9 Å². The number of fused-ring (bicyclic) bond motifs is 1. The van der Waals surface area contributed by atoms with Gasteiger partial charge in [-0.25, -0.2) is 22.9 Å². The van der Waals surface area contributed by atoms with Gasteiger partial charge in [0.25, 0.3) is 0 Å². The lowest BCUT2D eigenvalue weighted by atomic mass is 10.0. The highest BCUT2D eigenvalue weighted by Crippen LogP contribution is 2.44. The van der Waals surface area contributed by atoms with Gasteiger partial charge in [-0.3, -0.25) is 4.72 Å². The van der Waals surface area contributed by atoms with E-state index in [-0.39, 0.29) is 5.82 Å².